The van der Waals surface area contributed by atoms with Gasteiger partial charge in [-0.05, 0) is 49.5 Å². The van der Waals surface area contributed by atoms with Gasteiger partial charge in [0.05, 0.1) is 17.6 Å². The van der Waals surface area contributed by atoms with Gasteiger partial charge in [0, 0.05) is 38.9 Å². The molecule has 156 valence electrons. The van der Waals surface area contributed by atoms with Crippen LogP contribution in [0, 0.1) is 10.1 Å². The number of anilines is 1. The molecule has 1 aromatic rings. The standard InChI is InChI=1S/C18H27BrN4O5/c1-18(2,3)28-17(24)21-7-5-13(6-8-21)22(9-10-27-4)16-12-14(23(25)26)11-15(19)20-16/h11-13H,5-10H2,1-4H3. The second-order valence-corrected chi connectivity index (χ2v) is 8.46. The summed E-state index contributed by atoms with van der Waals surface area (Å²) < 4.78 is 11.1. The van der Waals surface area contributed by atoms with Gasteiger partial charge >= 0.3 is 6.09 Å². The Morgan fingerprint density at radius 1 is 1.39 bits per heavy atom. The number of aromatic nitrogens is 1. The summed E-state index contributed by atoms with van der Waals surface area (Å²) >= 11 is 3.26. The van der Waals surface area contributed by atoms with E-state index in [9.17, 15) is 14.9 Å². The summed E-state index contributed by atoms with van der Waals surface area (Å²) in [4.78, 5) is 31.2. The summed E-state index contributed by atoms with van der Waals surface area (Å²) in [5, 5.41) is 11.2. The number of likely N-dealkylation sites (tertiary alicyclic amines) is 1. The smallest absolute Gasteiger partial charge is 0.410 e. The van der Waals surface area contributed by atoms with E-state index in [1.54, 1.807) is 12.0 Å². The molecule has 0 aromatic carbocycles. The molecule has 0 N–H and O–H groups in total. The van der Waals surface area contributed by atoms with Gasteiger partial charge in [0.25, 0.3) is 5.69 Å². The Morgan fingerprint density at radius 2 is 2.04 bits per heavy atom. The fourth-order valence-electron chi connectivity index (χ4n) is 3.08. The van der Waals surface area contributed by atoms with E-state index < -0.39 is 10.5 Å². The number of carbonyl (C=O) groups is 1. The third-order valence-electron chi connectivity index (χ3n) is 4.36. The molecule has 0 radical (unpaired) electrons. The van der Waals surface area contributed by atoms with Gasteiger partial charge in [0.1, 0.15) is 16.0 Å². The number of hydrogen-bond donors (Lipinski definition) is 0. The van der Waals surface area contributed by atoms with E-state index in [1.807, 2.05) is 25.7 Å². The third-order valence-corrected chi connectivity index (χ3v) is 4.77. The zero-order chi connectivity index (χ0) is 20.9. The van der Waals surface area contributed by atoms with Crippen molar-refractivity contribution in [2.45, 2.75) is 45.3 Å². The van der Waals surface area contributed by atoms with Crippen molar-refractivity contribution in [1.82, 2.24) is 9.88 Å². The molecule has 1 amide bonds. The van der Waals surface area contributed by atoms with Crippen molar-refractivity contribution in [3.8, 4) is 0 Å². The highest BCUT2D eigenvalue weighted by atomic mass is 79.9. The Hall–Kier alpha value is -1.94. The molecule has 1 aliphatic rings. The predicted octanol–water partition coefficient (Wildman–Crippen LogP) is 3.60. The van der Waals surface area contributed by atoms with Crippen molar-refractivity contribution in [2.75, 3.05) is 38.3 Å². The number of hydrogen-bond acceptors (Lipinski definition) is 7. The number of nitrogens with zero attached hydrogens (tertiary/aromatic N) is 4. The highest BCUT2D eigenvalue weighted by molar-refractivity contribution is 9.10. The van der Waals surface area contributed by atoms with Crippen molar-refractivity contribution >= 4 is 33.5 Å². The molecular weight excluding hydrogens is 432 g/mol. The van der Waals surface area contributed by atoms with Crippen LogP contribution in [-0.2, 0) is 9.47 Å². The summed E-state index contributed by atoms with van der Waals surface area (Å²) in [5.41, 5.74) is -0.553. The van der Waals surface area contributed by atoms with Crippen molar-refractivity contribution < 1.29 is 19.2 Å². The van der Waals surface area contributed by atoms with Gasteiger partial charge < -0.3 is 19.3 Å². The third kappa shape index (κ3) is 6.30. The summed E-state index contributed by atoms with van der Waals surface area (Å²) in [6.07, 6.45) is 1.11. The highest BCUT2D eigenvalue weighted by Gasteiger charge is 2.30. The van der Waals surface area contributed by atoms with Gasteiger partial charge in [-0.15, -0.1) is 0 Å². The molecule has 0 aliphatic carbocycles. The number of halogens is 1. The van der Waals surface area contributed by atoms with E-state index in [2.05, 4.69) is 20.9 Å². The maximum absolute atomic E-state index is 12.3. The van der Waals surface area contributed by atoms with Crippen LogP contribution in [0.4, 0.5) is 16.3 Å². The van der Waals surface area contributed by atoms with E-state index in [4.69, 9.17) is 9.47 Å². The molecule has 2 heterocycles. The molecule has 10 heteroatoms. The van der Waals surface area contributed by atoms with Crippen molar-refractivity contribution in [1.29, 1.82) is 0 Å². The highest BCUT2D eigenvalue weighted by Crippen LogP contribution is 2.28. The lowest BCUT2D eigenvalue weighted by atomic mass is 10.0. The average molecular weight is 459 g/mol. The van der Waals surface area contributed by atoms with Crippen LogP contribution in [-0.4, -0.2) is 65.9 Å². The van der Waals surface area contributed by atoms with Gasteiger partial charge in [-0.25, -0.2) is 9.78 Å². The summed E-state index contributed by atoms with van der Waals surface area (Å²) in [5.74, 6) is 0.522. The Morgan fingerprint density at radius 3 is 2.57 bits per heavy atom. The first-order valence-electron chi connectivity index (χ1n) is 9.16. The van der Waals surface area contributed by atoms with Gasteiger partial charge in [-0.3, -0.25) is 10.1 Å². The number of pyridine rings is 1. The fourth-order valence-corrected chi connectivity index (χ4v) is 3.50. The number of methoxy groups -OCH3 is 1. The van der Waals surface area contributed by atoms with Crippen molar-refractivity contribution in [3.05, 3.63) is 26.9 Å². The van der Waals surface area contributed by atoms with E-state index in [1.165, 1.54) is 12.1 Å². The minimum Gasteiger partial charge on any atom is -0.444 e. The zero-order valence-corrected chi connectivity index (χ0v) is 18.3. The molecule has 0 unspecified atom stereocenters. The molecule has 1 fully saturated rings. The molecular formula is C18H27BrN4O5. The second-order valence-electron chi connectivity index (χ2n) is 7.65. The lowest BCUT2D eigenvalue weighted by Gasteiger charge is -2.39. The molecule has 2 rings (SSSR count). The number of rotatable bonds is 6. The monoisotopic (exact) mass is 458 g/mol. The van der Waals surface area contributed by atoms with Crippen molar-refractivity contribution in [2.24, 2.45) is 0 Å². The minimum absolute atomic E-state index is 0.0227. The molecule has 28 heavy (non-hydrogen) atoms. The maximum Gasteiger partial charge on any atom is 0.410 e. The van der Waals surface area contributed by atoms with Crippen LogP contribution in [0.5, 0.6) is 0 Å². The number of piperidine rings is 1. The first-order chi connectivity index (χ1) is 13.1. The van der Waals surface area contributed by atoms with Gasteiger partial charge in [0.2, 0.25) is 0 Å². The van der Waals surface area contributed by atoms with Crippen LogP contribution in [0.2, 0.25) is 0 Å². The van der Waals surface area contributed by atoms with Gasteiger partial charge in [-0.2, -0.15) is 0 Å². The predicted molar refractivity (Wildman–Crippen MR) is 109 cm³/mol. The molecule has 1 aliphatic heterocycles. The normalized spacial score (nSPS) is 15.4. The van der Waals surface area contributed by atoms with Crippen LogP contribution >= 0.6 is 15.9 Å². The maximum atomic E-state index is 12.3. The Kier molecular flexibility index (Phi) is 7.59. The van der Waals surface area contributed by atoms with E-state index in [-0.39, 0.29) is 17.8 Å². The van der Waals surface area contributed by atoms with Gasteiger partial charge in [0.15, 0.2) is 0 Å². The number of nitro groups is 1. The van der Waals surface area contributed by atoms with Crippen LogP contribution in [0.3, 0.4) is 0 Å². The average Bonchev–Trinajstić information content (AvgIpc) is 2.60. The molecule has 1 aromatic heterocycles. The van der Waals surface area contributed by atoms with Crippen LogP contribution in [0.25, 0.3) is 0 Å². The van der Waals surface area contributed by atoms with E-state index in [0.717, 1.165) is 0 Å². The first kappa shape index (κ1) is 22.4. The first-order valence-corrected chi connectivity index (χ1v) is 9.95. The lowest BCUT2D eigenvalue weighted by Crippen LogP contribution is -2.49. The molecule has 0 spiro atoms. The summed E-state index contributed by atoms with van der Waals surface area (Å²) in [7, 11) is 1.61. The lowest BCUT2D eigenvalue weighted by molar-refractivity contribution is -0.384. The topological polar surface area (TPSA) is 98.0 Å². The summed E-state index contributed by atoms with van der Waals surface area (Å²) in [6.45, 7) is 7.66. The van der Waals surface area contributed by atoms with Crippen LogP contribution < -0.4 is 4.90 Å². The fraction of sp³-hybridized carbons (Fsp3) is 0.667. The SMILES string of the molecule is COCCN(c1cc([N+](=O)[O-])cc(Br)n1)C1CCN(C(=O)OC(C)(C)C)CC1. The van der Waals surface area contributed by atoms with Gasteiger partial charge in [-0.1, -0.05) is 0 Å². The Bertz CT molecular complexity index is 702. The van der Waals surface area contributed by atoms with Crippen LogP contribution in [0.15, 0.2) is 16.7 Å². The molecule has 9 nitrogen and oxygen atoms in total. The van der Waals surface area contributed by atoms with E-state index in [0.29, 0.717) is 49.5 Å². The second kappa shape index (κ2) is 9.51. The molecule has 0 bridgehead atoms. The Balaban J connectivity index is 2.13. The quantitative estimate of drug-likeness (QED) is 0.364. The number of carbonyl (C=O) groups excluding carboxylic acids is 1. The number of ether oxygens (including phenoxy) is 2. The molecule has 1 saturated heterocycles. The number of amides is 1. The minimum atomic E-state index is -0.530. The largest absolute Gasteiger partial charge is 0.444 e. The molecule has 0 atom stereocenters. The van der Waals surface area contributed by atoms with Crippen molar-refractivity contribution in [3.63, 3.8) is 0 Å². The molecule has 0 saturated carbocycles. The Labute approximate surface area is 173 Å². The zero-order valence-electron chi connectivity index (χ0n) is 16.7. The van der Waals surface area contributed by atoms with Crippen LogP contribution in [0.1, 0.15) is 33.6 Å². The summed E-state index contributed by atoms with van der Waals surface area (Å²) in [6, 6.07) is 2.94. The van der Waals surface area contributed by atoms with E-state index >= 15 is 0 Å².